The maximum absolute atomic E-state index is 8.79. The number of pyridine rings is 1. The van der Waals surface area contributed by atoms with E-state index < -0.39 is 0 Å². The first-order valence-electron chi connectivity index (χ1n) is 16.1. The standard InChI is InChI=1S/C43H33N5/c1-26-8-12-29(13-9-26)37-25-38(48-43(47-37)32-14-10-27(2)11-15-32)30-18-16-28(17-19-30)33-20-21-34-39(24-33)46-42(31-6-4-3-5-7-31)35-22-23-36(44)41(45)40(34)35/h3-25,43-45,47H,1-2H3. The number of nitrogens with one attached hydrogen (secondary N) is 3. The lowest BCUT2D eigenvalue weighted by atomic mass is 9.87. The van der Waals surface area contributed by atoms with Crippen molar-refractivity contribution in [2.45, 2.75) is 20.0 Å². The van der Waals surface area contributed by atoms with Crippen molar-refractivity contribution in [3.8, 4) is 22.4 Å². The molecule has 1 aromatic heterocycles. The summed E-state index contributed by atoms with van der Waals surface area (Å²) in [4.78, 5) is 10.3. The summed E-state index contributed by atoms with van der Waals surface area (Å²) in [5.74, 6) is 0. The molecule has 1 atom stereocenters. The molecule has 3 N–H and O–H groups in total. The summed E-state index contributed by atoms with van der Waals surface area (Å²) in [6, 6.07) is 42.0. The molecule has 1 aliphatic carbocycles. The van der Waals surface area contributed by atoms with Crippen LogP contribution in [0.4, 0.5) is 0 Å². The molecule has 48 heavy (non-hydrogen) atoms. The van der Waals surface area contributed by atoms with Crippen LogP contribution in [0.15, 0.2) is 138 Å². The maximum Gasteiger partial charge on any atom is 0.145 e. The van der Waals surface area contributed by atoms with Gasteiger partial charge in [0.15, 0.2) is 0 Å². The summed E-state index contributed by atoms with van der Waals surface area (Å²) in [7, 11) is 0. The van der Waals surface area contributed by atoms with Crippen LogP contribution in [0, 0.1) is 24.7 Å². The summed E-state index contributed by atoms with van der Waals surface area (Å²) < 4.78 is 0. The van der Waals surface area contributed by atoms with Gasteiger partial charge in [0.2, 0.25) is 0 Å². The first-order chi connectivity index (χ1) is 23.4. The Labute approximate surface area is 280 Å². The molecule has 5 heteroatoms. The fraction of sp³-hybridized carbons (Fsp3) is 0.0698. The van der Waals surface area contributed by atoms with Crippen molar-refractivity contribution in [1.29, 1.82) is 10.8 Å². The second kappa shape index (κ2) is 11.9. The second-order valence-corrected chi connectivity index (χ2v) is 12.4. The van der Waals surface area contributed by atoms with Gasteiger partial charge in [0, 0.05) is 27.8 Å². The van der Waals surface area contributed by atoms with E-state index in [9.17, 15) is 0 Å². The smallest absolute Gasteiger partial charge is 0.145 e. The van der Waals surface area contributed by atoms with Crippen LogP contribution in [0.2, 0.25) is 0 Å². The van der Waals surface area contributed by atoms with E-state index in [1.54, 1.807) is 6.08 Å². The van der Waals surface area contributed by atoms with E-state index >= 15 is 0 Å². The number of allylic oxidation sites excluding steroid dienone is 2. The molecular weight excluding hydrogens is 587 g/mol. The van der Waals surface area contributed by atoms with Crippen LogP contribution in [0.1, 0.15) is 45.1 Å². The lowest BCUT2D eigenvalue weighted by Crippen LogP contribution is -2.24. The van der Waals surface area contributed by atoms with Crippen molar-refractivity contribution < 1.29 is 0 Å². The van der Waals surface area contributed by atoms with Crippen molar-refractivity contribution in [3.63, 3.8) is 0 Å². The molecule has 6 aromatic rings. The number of aliphatic imine (C=N–C) groups is 1. The van der Waals surface area contributed by atoms with E-state index in [0.717, 1.165) is 72.5 Å². The largest absolute Gasteiger partial charge is 0.360 e. The Morgan fingerprint density at radius 2 is 1.27 bits per heavy atom. The Hall–Kier alpha value is -6.20. The van der Waals surface area contributed by atoms with Gasteiger partial charge in [-0.25, -0.2) is 4.98 Å². The van der Waals surface area contributed by atoms with Gasteiger partial charge in [0.25, 0.3) is 0 Å². The molecule has 8 rings (SSSR count). The molecule has 5 aromatic carbocycles. The average molecular weight is 620 g/mol. The third-order valence-electron chi connectivity index (χ3n) is 9.12. The van der Waals surface area contributed by atoms with Gasteiger partial charge in [-0.3, -0.25) is 15.8 Å². The van der Waals surface area contributed by atoms with Crippen LogP contribution >= 0.6 is 0 Å². The van der Waals surface area contributed by atoms with Crippen molar-refractivity contribution in [2.75, 3.05) is 0 Å². The van der Waals surface area contributed by atoms with Crippen LogP contribution in [0.3, 0.4) is 0 Å². The first-order valence-corrected chi connectivity index (χ1v) is 16.1. The average Bonchev–Trinajstić information content (AvgIpc) is 3.13. The molecule has 230 valence electrons. The summed E-state index contributed by atoms with van der Waals surface area (Å²) in [6.45, 7) is 4.20. The Balaban J connectivity index is 1.18. The van der Waals surface area contributed by atoms with E-state index in [1.807, 2.05) is 42.5 Å². The zero-order valence-electron chi connectivity index (χ0n) is 26.8. The molecule has 0 fully saturated rings. The van der Waals surface area contributed by atoms with E-state index in [1.165, 1.54) is 11.1 Å². The molecular formula is C43H33N5. The topological polar surface area (TPSA) is 85.0 Å². The molecule has 2 aliphatic rings. The number of nitrogens with zero attached hydrogens (tertiary/aromatic N) is 2. The predicted molar refractivity (Wildman–Crippen MR) is 199 cm³/mol. The molecule has 0 radical (unpaired) electrons. The second-order valence-electron chi connectivity index (χ2n) is 12.4. The highest BCUT2D eigenvalue weighted by atomic mass is 15.1. The number of hydrogen-bond donors (Lipinski definition) is 3. The zero-order valence-corrected chi connectivity index (χ0v) is 26.8. The molecule has 0 saturated heterocycles. The molecule has 5 nitrogen and oxygen atoms in total. The van der Waals surface area contributed by atoms with Gasteiger partial charge in [-0.05, 0) is 66.0 Å². The predicted octanol–water partition coefficient (Wildman–Crippen LogP) is 9.73. The number of benzene rings is 5. The third-order valence-corrected chi connectivity index (χ3v) is 9.12. The van der Waals surface area contributed by atoms with Gasteiger partial charge in [-0.1, -0.05) is 126 Å². The first kappa shape index (κ1) is 29.2. The van der Waals surface area contributed by atoms with Crippen LogP contribution in [0.5, 0.6) is 0 Å². The van der Waals surface area contributed by atoms with Crippen molar-refractivity contribution in [3.05, 3.63) is 172 Å². The normalized spacial score (nSPS) is 15.5. The van der Waals surface area contributed by atoms with Crippen LogP contribution in [0.25, 0.3) is 45.1 Å². The van der Waals surface area contributed by atoms with E-state index in [2.05, 4.69) is 110 Å². The number of rotatable bonds is 5. The number of aromatic nitrogens is 1. The van der Waals surface area contributed by atoms with Crippen LogP contribution in [-0.4, -0.2) is 22.1 Å². The van der Waals surface area contributed by atoms with Gasteiger partial charge in [0.05, 0.1) is 28.3 Å². The minimum atomic E-state index is -0.201. The number of hydrogen-bond acceptors (Lipinski definition) is 5. The van der Waals surface area contributed by atoms with Gasteiger partial charge in [-0.15, -0.1) is 0 Å². The lowest BCUT2D eigenvalue weighted by molar-refractivity contribution is 0.664. The third kappa shape index (κ3) is 5.35. The Bertz CT molecular complexity index is 2330. The Morgan fingerprint density at radius 3 is 2.00 bits per heavy atom. The molecule has 2 heterocycles. The summed E-state index contributed by atoms with van der Waals surface area (Å²) in [6.07, 6.45) is 5.55. The van der Waals surface area contributed by atoms with E-state index in [-0.39, 0.29) is 17.6 Å². The molecule has 0 bridgehead atoms. The molecule has 1 unspecified atom stereocenters. The van der Waals surface area contributed by atoms with Crippen molar-refractivity contribution >= 4 is 39.8 Å². The molecule has 0 spiro atoms. The summed E-state index contributed by atoms with van der Waals surface area (Å²) in [5, 5.41) is 21.7. The van der Waals surface area contributed by atoms with Crippen molar-refractivity contribution in [1.82, 2.24) is 10.3 Å². The zero-order chi connectivity index (χ0) is 32.8. The SMILES string of the molecule is Cc1ccc(C2=CC(c3ccc(-c4ccc5c6c(c(-c7ccccc7)nc5c4)C=CC(=N)C6=N)cc3)=NC(c3ccc(C)cc3)N2)cc1. The highest BCUT2D eigenvalue weighted by Crippen LogP contribution is 2.36. The number of aryl methyl sites for hydroxylation is 2. The minimum Gasteiger partial charge on any atom is -0.360 e. The van der Waals surface area contributed by atoms with E-state index in [0.29, 0.717) is 0 Å². The quantitative estimate of drug-likeness (QED) is 0.179. The van der Waals surface area contributed by atoms with E-state index in [4.69, 9.17) is 20.8 Å². The monoisotopic (exact) mass is 619 g/mol. The van der Waals surface area contributed by atoms with Gasteiger partial charge in [0.1, 0.15) is 6.17 Å². The van der Waals surface area contributed by atoms with Gasteiger partial charge < -0.3 is 5.32 Å². The van der Waals surface area contributed by atoms with Crippen LogP contribution in [-0.2, 0) is 0 Å². The fourth-order valence-electron chi connectivity index (χ4n) is 6.42. The summed E-state index contributed by atoms with van der Waals surface area (Å²) in [5.41, 5.74) is 14.5. The van der Waals surface area contributed by atoms with Crippen molar-refractivity contribution in [2.24, 2.45) is 4.99 Å². The molecule has 1 aliphatic heterocycles. The summed E-state index contributed by atoms with van der Waals surface area (Å²) >= 11 is 0. The number of fused-ring (bicyclic) bond motifs is 3. The Morgan fingerprint density at radius 1 is 0.625 bits per heavy atom. The van der Waals surface area contributed by atoms with Gasteiger partial charge >= 0.3 is 0 Å². The fourth-order valence-corrected chi connectivity index (χ4v) is 6.42. The Kier molecular flexibility index (Phi) is 7.22. The van der Waals surface area contributed by atoms with Gasteiger partial charge in [-0.2, -0.15) is 0 Å². The van der Waals surface area contributed by atoms with Crippen LogP contribution < -0.4 is 5.32 Å². The molecule has 0 amide bonds. The lowest BCUT2D eigenvalue weighted by Gasteiger charge is -2.25. The minimum absolute atomic E-state index is 0.201. The molecule has 0 saturated carbocycles. The maximum atomic E-state index is 8.79. The highest BCUT2D eigenvalue weighted by molar-refractivity contribution is 6.54. The highest BCUT2D eigenvalue weighted by Gasteiger charge is 2.23.